The van der Waals surface area contributed by atoms with Crippen molar-refractivity contribution in [1.29, 1.82) is 0 Å². The molecule has 0 N–H and O–H groups in total. The summed E-state index contributed by atoms with van der Waals surface area (Å²) in [4.78, 5) is 21.3. The van der Waals surface area contributed by atoms with Crippen molar-refractivity contribution in [3.63, 3.8) is 0 Å². The average molecular weight is 392 g/mol. The standard InChI is InChI=1S/C16H14BrN3O2S/c1-22-12-5-3-10(4-6-12)9-20-14-11(7-13(17)15(20)21)8-18-16(19-14)23-2/h3-8H,9H2,1-2H3. The maximum absolute atomic E-state index is 12.5. The molecule has 2 aromatic heterocycles. The van der Waals surface area contributed by atoms with Gasteiger partial charge in [0.05, 0.1) is 18.1 Å². The van der Waals surface area contributed by atoms with Gasteiger partial charge in [0.2, 0.25) is 0 Å². The van der Waals surface area contributed by atoms with Crippen LogP contribution in [0, 0.1) is 0 Å². The molecule has 5 nitrogen and oxygen atoms in total. The Morgan fingerprint density at radius 2 is 2.04 bits per heavy atom. The number of hydrogen-bond donors (Lipinski definition) is 0. The van der Waals surface area contributed by atoms with Crippen molar-refractivity contribution in [2.75, 3.05) is 13.4 Å². The van der Waals surface area contributed by atoms with Crippen molar-refractivity contribution < 1.29 is 4.74 Å². The zero-order valence-electron chi connectivity index (χ0n) is 12.6. The number of thioether (sulfide) groups is 1. The fourth-order valence-corrected chi connectivity index (χ4v) is 3.06. The topological polar surface area (TPSA) is 57.0 Å². The van der Waals surface area contributed by atoms with Crippen LogP contribution in [0.4, 0.5) is 0 Å². The first-order valence-electron chi connectivity index (χ1n) is 6.85. The first-order valence-corrected chi connectivity index (χ1v) is 8.87. The average Bonchev–Trinajstić information content (AvgIpc) is 2.59. The van der Waals surface area contributed by atoms with Crippen molar-refractivity contribution in [2.24, 2.45) is 0 Å². The molecule has 118 valence electrons. The molecule has 0 spiro atoms. The summed E-state index contributed by atoms with van der Waals surface area (Å²) in [6.07, 6.45) is 3.65. The van der Waals surface area contributed by atoms with E-state index in [1.807, 2.05) is 30.5 Å². The number of aromatic nitrogens is 3. The lowest BCUT2D eigenvalue weighted by Gasteiger charge is -2.11. The third-order valence-electron chi connectivity index (χ3n) is 3.44. The molecular formula is C16H14BrN3O2S. The van der Waals surface area contributed by atoms with Crippen molar-refractivity contribution in [3.8, 4) is 5.75 Å². The van der Waals surface area contributed by atoms with Crippen molar-refractivity contribution in [2.45, 2.75) is 11.7 Å². The number of ether oxygens (including phenoxy) is 1. The number of fused-ring (bicyclic) bond motifs is 1. The van der Waals surface area contributed by atoms with Crippen LogP contribution >= 0.6 is 27.7 Å². The molecule has 0 unspecified atom stereocenters. The molecule has 0 fully saturated rings. The monoisotopic (exact) mass is 391 g/mol. The van der Waals surface area contributed by atoms with Crippen LogP contribution in [0.25, 0.3) is 11.0 Å². The van der Waals surface area contributed by atoms with Crippen LogP contribution < -0.4 is 10.3 Å². The zero-order valence-corrected chi connectivity index (χ0v) is 15.0. The van der Waals surface area contributed by atoms with E-state index in [4.69, 9.17) is 4.74 Å². The van der Waals surface area contributed by atoms with E-state index in [2.05, 4.69) is 25.9 Å². The summed E-state index contributed by atoms with van der Waals surface area (Å²) in [5.41, 5.74) is 1.52. The number of methoxy groups -OCH3 is 1. The van der Waals surface area contributed by atoms with Gasteiger partial charge in [0.25, 0.3) is 5.56 Å². The summed E-state index contributed by atoms with van der Waals surface area (Å²) in [5, 5.41) is 1.46. The molecule has 0 atom stereocenters. The lowest BCUT2D eigenvalue weighted by Crippen LogP contribution is -2.22. The number of benzene rings is 1. The van der Waals surface area contributed by atoms with Gasteiger partial charge in [-0.05, 0) is 45.9 Å². The highest BCUT2D eigenvalue weighted by Crippen LogP contribution is 2.19. The first kappa shape index (κ1) is 16.0. The Hall–Kier alpha value is -1.86. The van der Waals surface area contributed by atoms with Crippen molar-refractivity contribution in [1.82, 2.24) is 14.5 Å². The van der Waals surface area contributed by atoms with E-state index < -0.39 is 0 Å². The molecule has 0 saturated heterocycles. The van der Waals surface area contributed by atoms with Gasteiger partial charge in [-0.15, -0.1) is 0 Å². The van der Waals surface area contributed by atoms with Crippen LogP contribution in [0.1, 0.15) is 5.56 Å². The van der Waals surface area contributed by atoms with E-state index in [0.717, 1.165) is 16.7 Å². The SMILES string of the molecule is COc1ccc(Cn2c(=O)c(Br)cc3cnc(SC)nc32)cc1. The predicted molar refractivity (Wildman–Crippen MR) is 95.4 cm³/mol. The Kier molecular flexibility index (Phi) is 4.68. The van der Waals surface area contributed by atoms with Gasteiger partial charge in [-0.3, -0.25) is 9.36 Å². The Labute approximate surface area is 145 Å². The summed E-state index contributed by atoms with van der Waals surface area (Å²) in [5.74, 6) is 0.784. The van der Waals surface area contributed by atoms with E-state index in [-0.39, 0.29) is 5.56 Å². The Morgan fingerprint density at radius 1 is 1.30 bits per heavy atom. The third kappa shape index (κ3) is 3.25. The zero-order chi connectivity index (χ0) is 16.4. The van der Waals surface area contributed by atoms with Crippen LogP contribution in [-0.2, 0) is 6.54 Å². The molecule has 2 heterocycles. The number of rotatable bonds is 4. The number of nitrogens with zero attached hydrogens (tertiary/aromatic N) is 3. The Balaban J connectivity index is 2.13. The largest absolute Gasteiger partial charge is 0.497 e. The highest BCUT2D eigenvalue weighted by atomic mass is 79.9. The maximum atomic E-state index is 12.5. The van der Waals surface area contributed by atoms with Crippen LogP contribution in [0.3, 0.4) is 0 Å². The molecule has 0 aliphatic heterocycles. The molecule has 7 heteroatoms. The summed E-state index contributed by atoms with van der Waals surface area (Å²) in [6, 6.07) is 9.39. The summed E-state index contributed by atoms with van der Waals surface area (Å²) in [7, 11) is 1.63. The normalized spacial score (nSPS) is 10.9. The second-order valence-corrected chi connectivity index (χ2v) is 6.50. The van der Waals surface area contributed by atoms with Gasteiger partial charge >= 0.3 is 0 Å². The number of hydrogen-bond acceptors (Lipinski definition) is 5. The van der Waals surface area contributed by atoms with Crippen LogP contribution in [0.15, 0.2) is 51.0 Å². The maximum Gasteiger partial charge on any atom is 0.266 e. The summed E-state index contributed by atoms with van der Waals surface area (Å²) < 4.78 is 7.32. The summed E-state index contributed by atoms with van der Waals surface area (Å²) >= 11 is 4.77. The van der Waals surface area contributed by atoms with Gasteiger partial charge in [0, 0.05) is 11.6 Å². The van der Waals surface area contributed by atoms with E-state index in [0.29, 0.717) is 21.8 Å². The highest BCUT2D eigenvalue weighted by molar-refractivity contribution is 9.10. The highest BCUT2D eigenvalue weighted by Gasteiger charge is 2.11. The minimum atomic E-state index is -0.112. The second-order valence-electron chi connectivity index (χ2n) is 4.87. The smallest absolute Gasteiger partial charge is 0.266 e. The lowest BCUT2D eigenvalue weighted by atomic mass is 10.2. The first-order chi connectivity index (χ1) is 11.1. The minimum Gasteiger partial charge on any atom is -0.497 e. The van der Waals surface area contributed by atoms with E-state index in [9.17, 15) is 4.79 Å². The molecule has 0 bridgehead atoms. The Morgan fingerprint density at radius 3 is 2.70 bits per heavy atom. The fourth-order valence-electron chi connectivity index (χ4n) is 2.27. The molecule has 0 radical (unpaired) electrons. The minimum absolute atomic E-state index is 0.112. The van der Waals surface area contributed by atoms with E-state index >= 15 is 0 Å². The van der Waals surface area contributed by atoms with E-state index in [1.54, 1.807) is 23.9 Å². The van der Waals surface area contributed by atoms with Crippen molar-refractivity contribution in [3.05, 3.63) is 56.9 Å². The van der Waals surface area contributed by atoms with E-state index in [1.165, 1.54) is 11.8 Å². The molecule has 0 amide bonds. The molecule has 0 saturated carbocycles. The second kappa shape index (κ2) is 6.72. The molecule has 3 rings (SSSR count). The van der Waals surface area contributed by atoms with Gasteiger partial charge in [-0.25, -0.2) is 9.97 Å². The van der Waals surface area contributed by atoms with Crippen LogP contribution in [0.2, 0.25) is 0 Å². The molecule has 0 aliphatic rings. The van der Waals surface area contributed by atoms with Crippen molar-refractivity contribution >= 4 is 38.7 Å². The van der Waals surface area contributed by atoms with Gasteiger partial charge in [-0.1, -0.05) is 23.9 Å². The molecule has 0 aliphatic carbocycles. The fraction of sp³-hybridized carbons (Fsp3) is 0.188. The number of halogens is 1. The Bertz CT molecular complexity index is 910. The number of pyridine rings is 1. The van der Waals surface area contributed by atoms with Gasteiger partial charge in [-0.2, -0.15) is 0 Å². The molecular weight excluding hydrogens is 378 g/mol. The van der Waals surface area contributed by atoms with Gasteiger partial charge < -0.3 is 4.74 Å². The molecule has 1 aromatic carbocycles. The van der Waals surface area contributed by atoms with Gasteiger partial charge in [0.15, 0.2) is 5.16 Å². The lowest BCUT2D eigenvalue weighted by molar-refractivity contribution is 0.414. The third-order valence-corrected chi connectivity index (χ3v) is 4.57. The van der Waals surface area contributed by atoms with Crippen LogP contribution in [-0.4, -0.2) is 27.9 Å². The molecule has 3 aromatic rings. The molecule has 23 heavy (non-hydrogen) atoms. The van der Waals surface area contributed by atoms with Crippen LogP contribution in [0.5, 0.6) is 5.75 Å². The quantitative estimate of drug-likeness (QED) is 0.504. The summed E-state index contributed by atoms with van der Waals surface area (Å²) in [6.45, 7) is 0.434. The predicted octanol–water partition coefficient (Wildman–Crippen LogP) is 3.33. The van der Waals surface area contributed by atoms with Gasteiger partial charge in [0.1, 0.15) is 11.4 Å².